The molecule has 0 saturated heterocycles. The number of phosphoric ester groups is 2. The van der Waals surface area contributed by atoms with Gasteiger partial charge in [0, 0.05) is 25.7 Å². The van der Waals surface area contributed by atoms with E-state index in [-0.39, 0.29) is 25.7 Å². The maximum Gasteiger partial charge on any atom is 0.472 e. The lowest BCUT2D eigenvalue weighted by atomic mass is 10.1. The van der Waals surface area contributed by atoms with Crippen molar-refractivity contribution >= 4 is 39.5 Å². The minimum Gasteiger partial charge on any atom is -0.462 e. The Morgan fingerprint density at radius 1 is 0.279 bits per heavy atom. The fourth-order valence-corrected chi connectivity index (χ4v) is 12.3. The topological polar surface area (TPSA) is 237 Å². The van der Waals surface area contributed by atoms with E-state index in [9.17, 15) is 43.2 Å². The van der Waals surface area contributed by atoms with Gasteiger partial charge >= 0.3 is 39.5 Å². The average molecular weight is 1500 g/mol. The number of allylic oxidation sites excluding steroid dienone is 20. The number of esters is 4. The molecule has 598 valence electrons. The molecule has 0 rings (SSSR count). The number of aliphatic hydroxyl groups excluding tert-OH is 1. The van der Waals surface area contributed by atoms with Gasteiger partial charge in [-0.25, -0.2) is 9.13 Å². The highest BCUT2D eigenvalue weighted by Crippen LogP contribution is 2.45. The number of unbranched alkanes of at least 4 members (excludes halogenated alkanes) is 30. The highest BCUT2D eigenvalue weighted by molar-refractivity contribution is 7.47. The Hall–Kier alpha value is -4.54. The molecule has 0 aliphatic carbocycles. The fraction of sp³-hybridized carbons (Fsp3) is 0.718. The van der Waals surface area contributed by atoms with Crippen LogP contribution in [0.4, 0.5) is 0 Å². The van der Waals surface area contributed by atoms with Crippen molar-refractivity contribution in [3.8, 4) is 0 Å². The molecule has 5 unspecified atom stereocenters. The summed E-state index contributed by atoms with van der Waals surface area (Å²) in [5.41, 5.74) is 0. The van der Waals surface area contributed by atoms with Crippen molar-refractivity contribution in [1.82, 2.24) is 0 Å². The third kappa shape index (κ3) is 75.7. The van der Waals surface area contributed by atoms with Gasteiger partial charge in [-0.3, -0.25) is 37.3 Å². The normalized spacial score (nSPS) is 14.5. The number of carbonyl (C=O) groups excluding carboxylic acids is 4. The van der Waals surface area contributed by atoms with Gasteiger partial charge in [-0.1, -0.05) is 278 Å². The number of ether oxygens (including phenoxy) is 4. The van der Waals surface area contributed by atoms with Crippen LogP contribution in [0.15, 0.2) is 122 Å². The predicted octanol–water partition coefficient (Wildman–Crippen LogP) is 23.9. The van der Waals surface area contributed by atoms with Crippen molar-refractivity contribution in [2.45, 2.75) is 354 Å². The second kappa shape index (κ2) is 76.6. The molecule has 0 aliphatic heterocycles. The van der Waals surface area contributed by atoms with E-state index >= 15 is 0 Å². The van der Waals surface area contributed by atoms with E-state index in [1.165, 1.54) is 64.2 Å². The zero-order valence-corrected chi connectivity index (χ0v) is 67.2. The number of rotatable bonds is 76. The van der Waals surface area contributed by atoms with Gasteiger partial charge in [0.2, 0.25) is 0 Å². The molecule has 0 aromatic carbocycles. The van der Waals surface area contributed by atoms with Crippen LogP contribution in [0.1, 0.15) is 336 Å². The first-order valence-electron chi connectivity index (χ1n) is 40.8. The minimum atomic E-state index is -4.99. The molecule has 19 heteroatoms. The summed E-state index contributed by atoms with van der Waals surface area (Å²) in [6.07, 6.45) is 84.5. The molecule has 0 aliphatic rings. The van der Waals surface area contributed by atoms with Crippen LogP contribution in [-0.4, -0.2) is 96.7 Å². The van der Waals surface area contributed by atoms with Crippen molar-refractivity contribution < 1.29 is 80.2 Å². The van der Waals surface area contributed by atoms with E-state index in [2.05, 4.69) is 149 Å². The van der Waals surface area contributed by atoms with Gasteiger partial charge in [0.1, 0.15) is 19.3 Å². The third-order valence-corrected chi connectivity index (χ3v) is 18.8. The highest BCUT2D eigenvalue weighted by Gasteiger charge is 2.30. The van der Waals surface area contributed by atoms with Crippen LogP contribution in [0.2, 0.25) is 0 Å². The summed E-state index contributed by atoms with van der Waals surface area (Å²) in [5, 5.41) is 10.6. The Bertz CT molecular complexity index is 2440. The molecule has 5 atom stereocenters. The standard InChI is InChI=1S/C85H146O17P2/c1-5-9-13-17-21-25-29-33-36-38-39-41-44-47-50-54-58-62-66-70-83(88)95-75-80(101-84(89)71-67-63-59-55-51-45-32-28-24-20-16-12-8-4)77-99-103(91,92)97-73-79(86)74-98-104(93,94)100-78-81(102-85(90)72-68-64-60-56-52-48-42-35-31-27-23-19-15-11-7-3)76-96-82(87)69-65-61-57-53-49-46-43-40-37-34-30-26-22-18-14-10-6-2/h9-10,13-14,21-22,25-26,28,32-37,39,41-43,46,79-81,86H,5-8,11-12,15-20,23-24,27,29-31,38,40,44-45,47-78H2,1-4H3,(H,91,92)(H,93,94)/b13-9-,14-10-,25-21-,26-22-,32-28-,36-33-,37-34-,41-39-,42-35-,46-43-. The quantitative estimate of drug-likeness (QED) is 0.0169. The Morgan fingerprint density at radius 2 is 0.500 bits per heavy atom. The SMILES string of the molecule is CC/C=C\C/C=C\C/C=C\C/C=C\CCCCCCCCC(=O)OCC(COP(=O)(O)OCC(O)COP(=O)(O)OCC(COC(=O)CCCCCC/C=C\C/C=C\C/C=C\C/C=C\CC)OC(=O)CCCCCCC/C=C\CCCCCCCC)OC(=O)CCCCCCC/C=C\CCCCCC. The maximum absolute atomic E-state index is 13.1. The summed E-state index contributed by atoms with van der Waals surface area (Å²) in [6.45, 7) is 4.60. The van der Waals surface area contributed by atoms with Gasteiger partial charge in [0.05, 0.1) is 26.4 Å². The van der Waals surface area contributed by atoms with Crippen molar-refractivity contribution in [3.63, 3.8) is 0 Å². The van der Waals surface area contributed by atoms with Crippen LogP contribution in [0.5, 0.6) is 0 Å². The molecular weight excluding hydrogens is 1350 g/mol. The average Bonchev–Trinajstić information content (AvgIpc) is 0.939. The van der Waals surface area contributed by atoms with Crippen LogP contribution >= 0.6 is 15.6 Å². The number of hydrogen-bond acceptors (Lipinski definition) is 15. The van der Waals surface area contributed by atoms with Crippen molar-refractivity contribution in [1.29, 1.82) is 0 Å². The first kappa shape index (κ1) is 99.5. The van der Waals surface area contributed by atoms with Gasteiger partial charge in [-0.05, 0) is 154 Å². The summed E-state index contributed by atoms with van der Waals surface area (Å²) in [4.78, 5) is 73.1. The molecule has 0 fully saturated rings. The molecule has 0 aromatic heterocycles. The van der Waals surface area contributed by atoms with E-state index in [4.69, 9.17) is 37.0 Å². The molecule has 0 radical (unpaired) electrons. The summed E-state index contributed by atoms with van der Waals surface area (Å²) in [5.74, 6) is -2.23. The smallest absolute Gasteiger partial charge is 0.462 e. The lowest BCUT2D eigenvalue weighted by Gasteiger charge is -2.21. The Kier molecular flexibility index (Phi) is 73.3. The molecule has 17 nitrogen and oxygen atoms in total. The summed E-state index contributed by atoms with van der Waals surface area (Å²) >= 11 is 0. The Labute approximate surface area is 632 Å². The van der Waals surface area contributed by atoms with Crippen LogP contribution in [0.25, 0.3) is 0 Å². The van der Waals surface area contributed by atoms with E-state index in [0.29, 0.717) is 25.7 Å². The molecular formula is C85H146O17P2. The molecule has 0 saturated carbocycles. The molecule has 0 heterocycles. The van der Waals surface area contributed by atoms with Crippen LogP contribution in [-0.2, 0) is 65.4 Å². The van der Waals surface area contributed by atoms with Crippen LogP contribution < -0.4 is 0 Å². The first-order chi connectivity index (χ1) is 50.7. The second-order valence-electron chi connectivity index (χ2n) is 26.9. The second-order valence-corrected chi connectivity index (χ2v) is 29.8. The van der Waals surface area contributed by atoms with Crippen molar-refractivity contribution in [2.24, 2.45) is 0 Å². The first-order valence-corrected chi connectivity index (χ1v) is 43.8. The lowest BCUT2D eigenvalue weighted by Crippen LogP contribution is -2.30. The number of carbonyl (C=O) groups is 4. The zero-order chi connectivity index (χ0) is 76.0. The van der Waals surface area contributed by atoms with E-state index < -0.39 is 97.5 Å². The molecule has 0 amide bonds. The Balaban J connectivity index is 5.38. The van der Waals surface area contributed by atoms with Gasteiger partial charge in [0.15, 0.2) is 12.2 Å². The maximum atomic E-state index is 13.1. The minimum absolute atomic E-state index is 0.0780. The summed E-state index contributed by atoms with van der Waals surface area (Å²) < 4.78 is 68.6. The monoisotopic (exact) mass is 1500 g/mol. The van der Waals surface area contributed by atoms with Gasteiger partial charge in [-0.2, -0.15) is 0 Å². The van der Waals surface area contributed by atoms with Crippen LogP contribution in [0, 0.1) is 0 Å². The van der Waals surface area contributed by atoms with E-state index in [1.54, 1.807) is 0 Å². The van der Waals surface area contributed by atoms with Crippen molar-refractivity contribution in [2.75, 3.05) is 39.6 Å². The highest BCUT2D eigenvalue weighted by atomic mass is 31.2. The summed E-state index contributed by atoms with van der Waals surface area (Å²) in [6, 6.07) is 0. The molecule has 0 bridgehead atoms. The lowest BCUT2D eigenvalue weighted by molar-refractivity contribution is -0.161. The van der Waals surface area contributed by atoms with Crippen molar-refractivity contribution in [3.05, 3.63) is 122 Å². The Morgan fingerprint density at radius 3 is 0.788 bits per heavy atom. The van der Waals surface area contributed by atoms with Crippen LogP contribution in [0.3, 0.4) is 0 Å². The van der Waals surface area contributed by atoms with Gasteiger partial charge in [0.25, 0.3) is 0 Å². The fourth-order valence-electron chi connectivity index (χ4n) is 10.7. The molecule has 0 aromatic rings. The third-order valence-electron chi connectivity index (χ3n) is 16.9. The van der Waals surface area contributed by atoms with E-state index in [0.717, 1.165) is 193 Å². The largest absolute Gasteiger partial charge is 0.472 e. The molecule has 0 spiro atoms. The predicted molar refractivity (Wildman–Crippen MR) is 427 cm³/mol. The van der Waals surface area contributed by atoms with Gasteiger partial charge in [-0.15, -0.1) is 0 Å². The molecule has 3 N–H and O–H groups in total. The van der Waals surface area contributed by atoms with Gasteiger partial charge < -0.3 is 33.8 Å². The number of phosphoric acid groups is 2. The number of aliphatic hydroxyl groups is 1. The summed E-state index contributed by atoms with van der Waals surface area (Å²) in [7, 11) is -9.97. The number of hydrogen-bond donors (Lipinski definition) is 3. The zero-order valence-electron chi connectivity index (χ0n) is 65.4. The molecule has 104 heavy (non-hydrogen) atoms. The van der Waals surface area contributed by atoms with E-state index in [1.807, 2.05) is 0 Å².